The Bertz CT molecular complexity index is 465. The van der Waals surface area contributed by atoms with E-state index in [1.54, 1.807) is 6.07 Å². The molecule has 1 aromatic rings. The second kappa shape index (κ2) is 10.5. The third-order valence-corrected chi connectivity index (χ3v) is 3.69. The van der Waals surface area contributed by atoms with E-state index in [1.165, 1.54) is 0 Å². The third-order valence-electron chi connectivity index (χ3n) is 3.45. The highest BCUT2D eigenvalue weighted by atomic mass is 35.5. The van der Waals surface area contributed by atoms with Gasteiger partial charge in [-0.3, -0.25) is 4.79 Å². The maximum atomic E-state index is 11.6. The molecule has 4 nitrogen and oxygen atoms in total. The van der Waals surface area contributed by atoms with Gasteiger partial charge in [0.05, 0.1) is 12.7 Å². The van der Waals surface area contributed by atoms with Crippen molar-refractivity contribution in [2.24, 2.45) is 0 Å². The van der Waals surface area contributed by atoms with E-state index in [4.69, 9.17) is 16.3 Å². The zero-order valence-electron chi connectivity index (χ0n) is 13.4. The maximum absolute atomic E-state index is 11.6. The Labute approximate surface area is 137 Å². The Hall–Kier alpha value is -1.26. The van der Waals surface area contributed by atoms with Gasteiger partial charge in [-0.15, -0.1) is 0 Å². The van der Waals surface area contributed by atoms with Crippen LogP contribution in [0.3, 0.4) is 0 Å². The summed E-state index contributed by atoms with van der Waals surface area (Å²) in [6, 6.07) is 5.49. The summed E-state index contributed by atoms with van der Waals surface area (Å²) in [5.41, 5.74) is 0.992. The Morgan fingerprint density at radius 1 is 1.41 bits per heavy atom. The molecular formula is C17H26ClNO3. The van der Waals surface area contributed by atoms with Crippen LogP contribution >= 0.6 is 11.6 Å². The molecule has 0 radical (unpaired) electrons. The fraction of sp³-hybridized carbons (Fsp3) is 0.588. The molecule has 1 aromatic carbocycles. The highest BCUT2D eigenvalue weighted by Crippen LogP contribution is 2.21. The molecule has 5 heteroatoms. The van der Waals surface area contributed by atoms with Crippen LogP contribution in [0.1, 0.15) is 44.6 Å². The number of rotatable bonds is 10. The average molecular weight is 328 g/mol. The number of amides is 1. The first-order valence-electron chi connectivity index (χ1n) is 7.86. The molecule has 0 aliphatic rings. The van der Waals surface area contributed by atoms with Gasteiger partial charge in [0.15, 0.2) is 0 Å². The fourth-order valence-corrected chi connectivity index (χ4v) is 2.27. The van der Waals surface area contributed by atoms with Gasteiger partial charge in [0.2, 0.25) is 5.91 Å². The van der Waals surface area contributed by atoms with Gasteiger partial charge in [-0.05, 0) is 56.4 Å². The largest absolute Gasteiger partial charge is 0.493 e. The molecule has 2 N–H and O–H groups in total. The second-order valence-electron chi connectivity index (χ2n) is 5.42. The maximum Gasteiger partial charge on any atom is 0.220 e. The highest BCUT2D eigenvalue weighted by molar-refractivity contribution is 6.30. The minimum Gasteiger partial charge on any atom is -0.493 e. The molecule has 0 aromatic heterocycles. The van der Waals surface area contributed by atoms with Crippen LogP contribution in [0.4, 0.5) is 0 Å². The van der Waals surface area contributed by atoms with Crippen molar-refractivity contribution < 1.29 is 14.6 Å². The first-order valence-corrected chi connectivity index (χ1v) is 8.24. The lowest BCUT2D eigenvalue weighted by Gasteiger charge is -2.10. The van der Waals surface area contributed by atoms with E-state index in [-0.39, 0.29) is 12.0 Å². The molecule has 124 valence electrons. The van der Waals surface area contributed by atoms with Crippen molar-refractivity contribution in [3.63, 3.8) is 0 Å². The number of hydrogen-bond donors (Lipinski definition) is 2. The van der Waals surface area contributed by atoms with Crippen molar-refractivity contribution in [2.75, 3.05) is 13.2 Å². The topological polar surface area (TPSA) is 58.6 Å². The Morgan fingerprint density at radius 2 is 2.18 bits per heavy atom. The van der Waals surface area contributed by atoms with E-state index >= 15 is 0 Å². The van der Waals surface area contributed by atoms with Crippen LogP contribution in [-0.4, -0.2) is 30.3 Å². The standard InChI is InChI=1S/C17H26ClNO3/c1-3-15(20)6-4-10-19-17(21)7-5-11-22-16-9-8-14(18)12-13(16)2/h8-9,12,15,20H,3-7,10-11H2,1-2H3,(H,19,21)/t15-/m1/s1. The SMILES string of the molecule is CC[C@@H](O)CCCNC(=O)CCCOc1ccc(Cl)cc1C. The molecule has 0 aliphatic heterocycles. The van der Waals surface area contributed by atoms with Gasteiger partial charge in [0.1, 0.15) is 5.75 Å². The summed E-state index contributed by atoms with van der Waals surface area (Å²) in [7, 11) is 0. The molecule has 1 atom stereocenters. The lowest BCUT2D eigenvalue weighted by Crippen LogP contribution is -2.25. The zero-order chi connectivity index (χ0) is 16.4. The summed E-state index contributed by atoms with van der Waals surface area (Å²) in [5, 5.41) is 13.0. The highest BCUT2D eigenvalue weighted by Gasteiger charge is 2.04. The van der Waals surface area contributed by atoms with Gasteiger partial charge in [0, 0.05) is 18.0 Å². The fourth-order valence-electron chi connectivity index (χ4n) is 2.05. The summed E-state index contributed by atoms with van der Waals surface area (Å²) in [6.07, 6.45) is 3.16. The van der Waals surface area contributed by atoms with Crippen LogP contribution in [0.15, 0.2) is 18.2 Å². The quantitative estimate of drug-likeness (QED) is 0.647. The zero-order valence-corrected chi connectivity index (χ0v) is 14.2. The molecule has 0 unspecified atom stereocenters. The van der Waals surface area contributed by atoms with Crippen molar-refractivity contribution in [1.82, 2.24) is 5.32 Å². The van der Waals surface area contributed by atoms with Gasteiger partial charge in [0.25, 0.3) is 0 Å². The normalized spacial score (nSPS) is 12.0. The van der Waals surface area contributed by atoms with Crippen molar-refractivity contribution >= 4 is 17.5 Å². The van der Waals surface area contributed by atoms with E-state index in [1.807, 2.05) is 26.0 Å². The van der Waals surface area contributed by atoms with E-state index in [9.17, 15) is 9.90 Å². The van der Waals surface area contributed by atoms with Gasteiger partial charge in [-0.1, -0.05) is 18.5 Å². The smallest absolute Gasteiger partial charge is 0.220 e. The third kappa shape index (κ3) is 7.66. The molecule has 1 rings (SSSR count). The van der Waals surface area contributed by atoms with Gasteiger partial charge in [-0.25, -0.2) is 0 Å². The summed E-state index contributed by atoms with van der Waals surface area (Å²) in [6.45, 7) is 5.02. The molecule has 0 saturated carbocycles. The predicted molar refractivity (Wildman–Crippen MR) is 89.5 cm³/mol. The van der Waals surface area contributed by atoms with Gasteiger partial charge in [-0.2, -0.15) is 0 Å². The number of benzene rings is 1. The van der Waals surface area contributed by atoms with Gasteiger partial charge < -0.3 is 15.2 Å². The second-order valence-corrected chi connectivity index (χ2v) is 5.85. The first kappa shape index (κ1) is 18.8. The van der Waals surface area contributed by atoms with Crippen LogP contribution in [0.5, 0.6) is 5.75 Å². The lowest BCUT2D eigenvalue weighted by molar-refractivity contribution is -0.121. The molecule has 0 fully saturated rings. The number of carbonyl (C=O) groups is 1. The Morgan fingerprint density at radius 3 is 2.86 bits per heavy atom. The number of carbonyl (C=O) groups excluding carboxylic acids is 1. The van der Waals surface area contributed by atoms with Crippen LogP contribution in [-0.2, 0) is 4.79 Å². The van der Waals surface area contributed by atoms with Crippen LogP contribution in [0.25, 0.3) is 0 Å². The van der Waals surface area contributed by atoms with Crippen molar-refractivity contribution in [3.8, 4) is 5.75 Å². The van der Waals surface area contributed by atoms with E-state index in [2.05, 4.69) is 5.32 Å². The average Bonchev–Trinajstić information content (AvgIpc) is 2.49. The molecule has 0 aliphatic carbocycles. The molecule has 0 spiro atoms. The number of aryl methyl sites for hydroxylation is 1. The van der Waals surface area contributed by atoms with Gasteiger partial charge >= 0.3 is 0 Å². The lowest BCUT2D eigenvalue weighted by atomic mass is 10.1. The number of nitrogens with one attached hydrogen (secondary N) is 1. The number of aliphatic hydroxyl groups is 1. The number of hydrogen-bond acceptors (Lipinski definition) is 3. The summed E-state index contributed by atoms with van der Waals surface area (Å²) < 4.78 is 5.64. The van der Waals surface area contributed by atoms with E-state index in [0.717, 1.165) is 30.6 Å². The summed E-state index contributed by atoms with van der Waals surface area (Å²) >= 11 is 5.88. The van der Waals surface area contributed by atoms with Crippen LogP contribution in [0, 0.1) is 6.92 Å². The summed E-state index contributed by atoms with van der Waals surface area (Å²) in [5.74, 6) is 0.834. The number of halogens is 1. The molecular weight excluding hydrogens is 302 g/mol. The molecule has 1 amide bonds. The molecule has 0 heterocycles. The predicted octanol–water partition coefficient (Wildman–Crippen LogP) is 3.47. The number of aliphatic hydroxyl groups excluding tert-OH is 1. The van der Waals surface area contributed by atoms with Crippen molar-refractivity contribution in [2.45, 2.75) is 52.1 Å². The van der Waals surface area contributed by atoms with Crippen LogP contribution < -0.4 is 10.1 Å². The summed E-state index contributed by atoms with van der Waals surface area (Å²) in [4.78, 5) is 11.6. The Balaban J connectivity index is 2.10. The molecule has 22 heavy (non-hydrogen) atoms. The monoisotopic (exact) mass is 327 g/mol. The molecule has 0 bridgehead atoms. The van der Waals surface area contributed by atoms with Crippen molar-refractivity contribution in [3.05, 3.63) is 28.8 Å². The Kier molecular flexibility index (Phi) is 8.94. The van der Waals surface area contributed by atoms with E-state index < -0.39 is 0 Å². The van der Waals surface area contributed by atoms with Crippen LogP contribution in [0.2, 0.25) is 5.02 Å². The minimum absolute atomic E-state index is 0.0300. The van der Waals surface area contributed by atoms with Crippen molar-refractivity contribution in [1.29, 1.82) is 0 Å². The first-order chi connectivity index (χ1) is 10.5. The number of ether oxygens (including phenoxy) is 1. The minimum atomic E-state index is -0.257. The van der Waals surface area contributed by atoms with E-state index in [0.29, 0.717) is 31.0 Å². The molecule has 0 saturated heterocycles.